The highest BCUT2D eigenvalue weighted by Crippen LogP contribution is 2.22. The lowest BCUT2D eigenvalue weighted by atomic mass is 10.0. The van der Waals surface area contributed by atoms with E-state index in [9.17, 15) is 0 Å². The van der Waals surface area contributed by atoms with Crippen molar-refractivity contribution in [1.29, 1.82) is 0 Å². The van der Waals surface area contributed by atoms with Gasteiger partial charge in [0.2, 0.25) is 0 Å². The minimum Gasteiger partial charge on any atom is -0.312 e. The fourth-order valence-electron chi connectivity index (χ4n) is 1.28. The molecular weight excluding hydrogens is 170 g/mol. The van der Waals surface area contributed by atoms with Gasteiger partial charge in [0.05, 0.1) is 0 Å². The number of hydrogen-bond donors (Lipinski definition) is 1. The second-order valence-electron chi connectivity index (χ2n) is 3.19. The summed E-state index contributed by atoms with van der Waals surface area (Å²) in [5.41, 5.74) is 9.94. The summed E-state index contributed by atoms with van der Waals surface area (Å²) >= 11 is 5.81. The van der Waals surface area contributed by atoms with E-state index in [2.05, 4.69) is 26.0 Å². The van der Waals surface area contributed by atoms with Crippen molar-refractivity contribution in [3.63, 3.8) is 0 Å². The quantitative estimate of drug-likeness (QED) is 0.526. The molecule has 0 saturated heterocycles. The maximum Gasteiger partial charge on any atom is 0.106 e. The standard InChI is InChI=1S/C10H14ClN/c1-6-4-8(3)9(10(11)12)5-7(6)2/h4-5,10H,12H2,1-3H3. The maximum absolute atomic E-state index is 5.81. The van der Waals surface area contributed by atoms with Crippen LogP contribution in [0, 0.1) is 20.8 Å². The molecular formula is C10H14ClN. The third kappa shape index (κ3) is 1.79. The monoisotopic (exact) mass is 183 g/mol. The molecule has 0 aromatic heterocycles. The zero-order valence-electron chi connectivity index (χ0n) is 7.69. The van der Waals surface area contributed by atoms with E-state index in [4.69, 9.17) is 17.3 Å². The van der Waals surface area contributed by atoms with Crippen molar-refractivity contribution in [3.05, 3.63) is 34.4 Å². The number of hydrogen-bond acceptors (Lipinski definition) is 1. The molecule has 1 nitrogen and oxygen atoms in total. The molecule has 1 atom stereocenters. The summed E-state index contributed by atoms with van der Waals surface area (Å²) in [5.74, 6) is 0. The first kappa shape index (κ1) is 9.56. The van der Waals surface area contributed by atoms with Gasteiger partial charge in [-0.25, -0.2) is 0 Å². The lowest BCUT2D eigenvalue weighted by Crippen LogP contribution is -2.05. The second kappa shape index (κ2) is 3.46. The lowest BCUT2D eigenvalue weighted by Gasteiger charge is -2.10. The molecule has 66 valence electrons. The van der Waals surface area contributed by atoms with Crippen molar-refractivity contribution >= 4 is 11.6 Å². The number of alkyl halides is 1. The summed E-state index contributed by atoms with van der Waals surface area (Å²) in [4.78, 5) is 0. The molecule has 0 amide bonds. The molecule has 1 aromatic rings. The fraction of sp³-hybridized carbons (Fsp3) is 0.400. The Hall–Kier alpha value is -0.530. The Kier molecular flexibility index (Phi) is 2.76. The molecule has 1 aromatic carbocycles. The van der Waals surface area contributed by atoms with Gasteiger partial charge in [-0.3, -0.25) is 0 Å². The van der Waals surface area contributed by atoms with Crippen LogP contribution in [0.3, 0.4) is 0 Å². The van der Waals surface area contributed by atoms with Crippen LogP contribution in [0.5, 0.6) is 0 Å². The normalized spacial score (nSPS) is 13.1. The van der Waals surface area contributed by atoms with E-state index in [1.54, 1.807) is 0 Å². The van der Waals surface area contributed by atoms with Gasteiger partial charge in [0.1, 0.15) is 5.50 Å². The van der Waals surface area contributed by atoms with Gasteiger partial charge in [0.15, 0.2) is 0 Å². The first-order chi connectivity index (χ1) is 5.52. The van der Waals surface area contributed by atoms with E-state index in [0.29, 0.717) is 0 Å². The lowest BCUT2D eigenvalue weighted by molar-refractivity contribution is 0.992. The number of nitrogens with two attached hydrogens (primary N) is 1. The van der Waals surface area contributed by atoms with E-state index in [-0.39, 0.29) is 5.50 Å². The van der Waals surface area contributed by atoms with Crippen LogP contribution in [-0.4, -0.2) is 0 Å². The third-order valence-corrected chi connectivity index (χ3v) is 2.41. The van der Waals surface area contributed by atoms with Crippen molar-refractivity contribution in [2.24, 2.45) is 5.73 Å². The first-order valence-corrected chi connectivity index (χ1v) is 4.43. The summed E-state index contributed by atoms with van der Waals surface area (Å²) in [6.07, 6.45) is 0. The predicted octanol–water partition coefficient (Wildman–Crippen LogP) is 2.81. The zero-order valence-corrected chi connectivity index (χ0v) is 8.44. The van der Waals surface area contributed by atoms with Crippen LogP contribution < -0.4 is 5.73 Å². The first-order valence-electron chi connectivity index (χ1n) is 3.99. The van der Waals surface area contributed by atoms with Gasteiger partial charge in [-0.15, -0.1) is 11.6 Å². The zero-order chi connectivity index (χ0) is 9.30. The Bertz CT molecular complexity index is 292. The van der Waals surface area contributed by atoms with Crippen LogP contribution in [0.15, 0.2) is 12.1 Å². The number of aryl methyl sites for hydroxylation is 3. The van der Waals surface area contributed by atoms with Crippen LogP contribution >= 0.6 is 11.6 Å². The van der Waals surface area contributed by atoms with E-state index in [0.717, 1.165) is 5.56 Å². The van der Waals surface area contributed by atoms with Crippen molar-refractivity contribution in [3.8, 4) is 0 Å². The topological polar surface area (TPSA) is 26.0 Å². The maximum atomic E-state index is 5.81. The van der Waals surface area contributed by atoms with Gasteiger partial charge in [-0.05, 0) is 43.0 Å². The molecule has 0 bridgehead atoms. The molecule has 0 aliphatic rings. The van der Waals surface area contributed by atoms with Crippen molar-refractivity contribution in [1.82, 2.24) is 0 Å². The Balaban J connectivity index is 3.23. The molecule has 0 aliphatic heterocycles. The van der Waals surface area contributed by atoms with Gasteiger partial charge in [0, 0.05) is 0 Å². The predicted molar refractivity (Wildman–Crippen MR) is 53.4 cm³/mol. The summed E-state index contributed by atoms with van der Waals surface area (Å²) in [7, 11) is 0. The van der Waals surface area contributed by atoms with E-state index in [1.807, 2.05) is 6.92 Å². The average Bonchev–Trinajstić information content (AvgIpc) is 1.96. The van der Waals surface area contributed by atoms with Gasteiger partial charge in [0.25, 0.3) is 0 Å². The van der Waals surface area contributed by atoms with Crippen LogP contribution in [-0.2, 0) is 0 Å². The van der Waals surface area contributed by atoms with E-state index < -0.39 is 0 Å². The average molecular weight is 184 g/mol. The molecule has 1 unspecified atom stereocenters. The highest BCUT2D eigenvalue weighted by atomic mass is 35.5. The van der Waals surface area contributed by atoms with Crippen LogP contribution in [0.1, 0.15) is 27.8 Å². The van der Waals surface area contributed by atoms with Gasteiger partial charge in [-0.2, -0.15) is 0 Å². The third-order valence-electron chi connectivity index (χ3n) is 2.18. The summed E-state index contributed by atoms with van der Waals surface area (Å²) < 4.78 is 0. The van der Waals surface area contributed by atoms with Gasteiger partial charge in [-0.1, -0.05) is 12.1 Å². The van der Waals surface area contributed by atoms with E-state index in [1.165, 1.54) is 16.7 Å². The van der Waals surface area contributed by atoms with Crippen molar-refractivity contribution in [2.75, 3.05) is 0 Å². The minimum atomic E-state index is -0.385. The number of benzene rings is 1. The van der Waals surface area contributed by atoms with Crippen molar-refractivity contribution < 1.29 is 0 Å². The number of rotatable bonds is 1. The largest absolute Gasteiger partial charge is 0.312 e. The molecule has 0 spiro atoms. The van der Waals surface area contributed by atoms with Crippen LogP contribution in [0.4, 0.5) is 0 Å². The Morgan fingerprint density at radius 1 is 1.08 bits per heavy atom. The Labute approximate surface area is 78.5 Å². The van der Waals surface area contributed by atoms with Gasteiger partial charge >= 0.3 is 0 Å². The molecule has 0 saturated carbocycles. The highest BCUT2D eigenvalue weighted by molar-refractivity contribution is 6.20. The Morgan fingerprint density at radius 3 is 2.08 bits per heavy atom. The van der Waals surface area contributed by atoms with Crippen LogP contribution in [0.25, 0.3) is 0 Å². The summed E-state index contributed by atoms with van der Waals surface area (Å²) in [6.45, 7) is 6.19. The van der Waals surface area contributed by atoms with E-state index >= 15 is 0 Å². The Morgan fingerprint density at radius 2 is 1.58 bits per heavy atom. The minimum absolute atomic E-state index is 0.385. The molecule has 0 radical (unpaired) electrons. The molecule has 12 heavy (non-hydrogen) atoms. The highest BCUT2D eigenvalue weighted by Gasteiger charge is 2.06. The summed E-state index contributed by atoms with van der Waals surface area (Å²) in [5, 5.41) is 0. The molecule has 1 rings (SSSR count). The van der Waals surface area contributed by atoms with Crippen molar-refractivity contribution in [2.45, 2.75) is 26.3 Å². The SMILES string of the molecule is Cc1cc(C)c(C(N)Cl)cc1C. The van der Waals surface area contributed by atoms with Crippen LogP contribution in [0.2, 0.25) is 0 Å². The molecule has 0 aliphatic carbocycles. The smallest absolute Gasteiger partial charge is 0.106 e. The molecule has 2 heteroatoms. The molecule has 0 fully saturated rings. The summed E-state index contributed by atoms with van der Waals surface area (Å²) in [6, 6.07) is 4.18. The van der Waals surface area contributed by atoms with Gasteiger partial charge < -0.3 is 5.73 Å². The second-order valence-corrected chi connectivity index (χ2v) is 3.67. The molecule has 0 heterocycles. The number of halogens is 1. The fourth-order valence-corrected chi connectivity index (χ4v) is 1.52. The molecule has 2 N–H and O–H groups in total.